The topological polar surface area (TPSA) is 70.2 Å². The summed E-state index contributed by atoms with van der Waals surface area (Å²) in [5, 5.41) is 7.74. The minimum atomic E-state index is -0.591. The van der Waals surface area contributed by atoms with E-state index >= 15 is 0 Å². The van der Waals surface area contributed by atoms with Gasteiger partial charge in [0.25, 0.3) is 5.91 Å². The van der Waals surface area contributed by atoms with Gasteiger partial charge in [0.2, 0.25) is 0 Å². The predicted molar refractivity (Wildman–Crippen MR) is 104 cm³/mol. The maximum atomic E-state index is 14.6. The van der Waals surface area contributed by atoms with Crippen molar-refractivity contribution in [3.63, 3.8) is 0 Å². The molecular formula is C20H20ClF2N3O2. The van der Waals surface area contributed by atoms with Gasteiger partial charge in [0.05, 0.1) is 11.1 Å². The van der Waals surface area contributed by atoms with Crippen LogP contribution in [0.2, 0.25) is 5.02 Å². The number of benzene rings is 2. The molecule has 0 aliphatic heterocycles. The van der Waals surface area contributed by atoms with E-state index in [9.17, 15) is 18.4 Å². The average molecular weight is 408 g/mol. The van der Waals surface area contributed by atoms with Gasteiger partial charge in [-0.3, -0.25) is 4.79 Å². The molecule has 0 fully saturated rings. The molecule has 0 radical (unpaired) electrons. The Morgan fingerprint density at radius 3 is 2.46 bits per heavy atom. The van der Waals surface area contributed by atoms with Gasteiger partial charge in [-0.15, -0.1) is 0 Å². The van der Waals surface area contributed by atoms with E-state index in [0.29, 0.717) is 28.8 Å². The van der Waals surface area contributed by atoms with E-state index < -0.39 is 35.0 Å². The molecule has 0 bridgehead atoms. The third kappa shape index (κ3) is 3.67. The predicted octanol–water partition coefficient (Wildman–Crippen LogP) is 4.52. The Labute approximate surface area is 166 Å². The SMILES string of the molecule is CNC(=O)NC1CC(C)(C)c2c(C(=O)Nc3ccc(F)c(Cl)c3)ccc(F)c21. The fourth-order valence-corrected chi connectivity index (χ4v) is 3.87. The quantitative estimate of drug-likeness (QED) is 0.700. The molecule has 1 aliphatic rings. The van der Waals surface area contributed by atoms with Crippen LogP contribution in [0.4, 0.5) is 19.3 Å². The van der Waals surface area contributed by atoms with E-state index in [-0.39, 0.29) is 5.02 Å². The lowest BCUT2D eigenvalue weighted by Gasteiger charge is -2.22. The summed E-state index contributed by atoms with van der Waals surface area (Å²) in [5.41, 5.74) is 0.919. The number of carbonyl (C=O) groups excluding carboxylic acids is 2. The second-order valence-corrected chi connectivity index (χ2v) is 7.74. The minimum Gasteiger partial charge on any atom is -0.341 e. The molecule has 0 spiro atoms. The van der Waals surface area contributed by atoms with Gasteiger partial charge in [-0.2, -0.15) is 0 Å². The largest absolute Gasteiger partial charge is 0.341 e. The molecule has 3 N–H and O–H groups in total. The van der Waals surface area contributed by atoms with Crippen LogP contribution in [-0.2, 0) is 5.41 Å². The molecule has 8 heteroatoms. The number of urea groups is 1. The van der Waals surface area contributed by atoms with E-state index in [1.807, 2.05) is 13.8 Å². The Morgan fingerprint density at radius 2 is 1.82 bits per heavy atom. The molecule has 28 heavy (non-hydrogen) atoms. The van der Waals surface area contributed by atoms with Gasteiger partial charge in [0.1, 0.15) is 11.6 Å². The van der Waals surface area contributed by atoms with Gasteiger partial charge in [-0.05, 0) is 47.7 Å². The number of carbonyl (C=O) groups is 2. The first kappa shape index (κ1) is 20.1. The molecule has 3 amide bonds. The van der Waals surface area contributed by atoms with Crippen molar-refractivity contribution in [3.8, 4) is 0 Å². The lowest BCUT2D eigenvalue weighted by atomic mass is 9.83. The molecule has 5 nitrogen and oxygen atoms in total. The minimum absolute atomic E-state index is 0.114. The molecular weight excluding hydrogens is 388 g/mol. The zero-order valence-corrected chi connectivity index (χ0v) is 16.4. The second-order valence-electron chi connectivity index (χ2n) is 7.33. The molecule has 0 saturated carbocycles. The number of halogens is 3. The number of hydrogen-bond donors (Lipinski definition) is 3. The van der Waals surface area contributed by atoms with Crippen molar-refractivity contribution in [1.29, 1.82) is 0 Å². The molecule has 3 rings (SSSR count). The summed E-state index contributed by atoms with van der Waals surface area (Å²) in [7, 11) is 1.48. The monoisotopic (exact) mass is 407 g/mol. The van der Waals surface area contributed by atoms with Gasteiger partial charge in [0.15, 0.2) is 0 Å². The van der Waals surface area contributed by atoms with E-state index in [1.54, 1.807) is 0 Å². The number of anilines is 1. The summed E-state index contributed by atoms with van der Waals surface area (Å²) < 4.78 is 28.0. The summed E-state index contributed by atoms with van der Waals surface area (Å²) in [5.74, 6) is -1.54. The fourth-order valence-electron chi connectivity index (χ4n) is 3.69. The van der Waals surface area contributed by atoms with Crippen LogP contribution in [0.25, 0.3) is 0 Å². The Hall–Kier alpha value is -2.67. The molecule has 1 unspecified atom stereocenters. The van der Waals surface area contributed by atoms with E-state index in [2.05, 4.69) is 16.0 Å². The second kappa shape index (κ2) is 7.39. The summed E-state index contributed by atoms with van der Waals surface area (Å²) >= 11 is 5.76. The third-order valence-corrected chi connectivity index (χ3v) is 5.18. The van der Waals surface area contributed by atoms with Gasteiger partial charge < -0.3 is 16.0 Å². The molecule has 0 heterocycles. The van der Waals surface area contributed by atoms with E-state index in [4.69, 9.17) is 11.6 Å². The Morgan fingerprint density at radius 1 is 1.14 bits per heavy atom. The maximum absolute atomic E-state index is 14.6. The first-order chi connectivity index (χ1) is 13.1. The van der Waals surface area contributed by atoms with Crippen LogP contribution in [0.1, 0.15) is 47.8 Å². The van der Waals surface area contributed by atoms with Crippen LogP contribution >= 0.6 is 11.6 Å². The highest BCUT2D eigenvalue weighted by atomic mass is 35.5. The molecule has 0 saturated heterocycles. The van der Waals surface area contributed by atoms with Crippen molar-refractivity contribution in [3.05, 3.63) is 63.7 Å². The van der Waals surface area contributed by atoms with Gasteiger partial charge in [-0.25, -0.2) is 13.6 Å². The van der Waals surface area contributed by atoms with Gasteiger partial charge in [0, 0.05) is 23.9 Å². The zero-order chi connectivity index (χ0) is 20.6. The maximum Gasteiger partial charge on any atom is 0.315 e. The van der Waals surface area contributed by atoms with Crippen molar-refractivity contribution in [1.82, 2.24) is 10.6 Å². The summed E-state index contributed by atoms with van der Waals surface area (Å²) in [4.78, 5) is 24.6. The normalized spacial score (nSPS) is 17.0. The van der Waals surface area contributed by atoms with Crippen LogP contribution in [0.3, 0.4) is 0 Å². The van der Waals surface area contributed by atoms with Crippen molar-refractivity contribution < 1.29 is 18.4 Å². The highest BCUT2D eigenvalue weighted by Gasteiger charge is 2.42. The van der Waals surface area contributed by atoms with Crippen LogP contribution < -0.4 is 16.0 Å². The van der Waals surface area contributed by atoms with E-state index in [1.165, 1.54) is 31.3 Å². The van der Waals surface area contributed by atoms with Crippen LogP contribution in [-0.4, -0.2) is 19.0 Å². The lowest BCUT2D eigenvalue weighted by Crippen LogP contribution is -2.35. The molecule has 2 aromatic carbocycles. The molecule has 2 aromatic rings. The molecule has 1 aliphatic carbocycles. The molecule has 0 aromatic heterocycles. The van der Waals surface area contributed by atoms with Gasteiger partial charge >= 0.3 is 6.03 Å². The van der Waals surface area contributed by atoms with Crippen molar-refractivity contribution in [2.75, 3.05) is 12.4 Å². The molecule has 1 atom stereocenters. The van der Waals surface area contributed by atoms with Crippen molar-refractivity contribution in [2.45, 2.75) is 31.7 Å². The fraction of sp³-hybridized carbons (Fsp3) is 0.300. The average Bonchev–Trinajstić information content (AvgIpc) is 2.89. The van der Waals surface area contributed by atoms with Crippen molar-refractivity contribution in [2.24, 2.45) is 0 Å². The Bertz CT molecular complexity index is 963. The number of amides is 3. The lowest BCUT2D eigenvalue weighted by molar-refractivity contribution is 0.102. The summed E-state index contributed by atoms with van der Waals surface area (Å²) in [6.45, 7) is 3.78. The number of nitrogens with one attached hydrogen (secondary N) is 3. The highest BCUT2D eigenvalue weighted by Crippen LogP contribution is 2.47. The Balaban J connectivity index is 2.00. The number of hydrogen-bond acceptors (Lipinski definition) is 2. The first-order valence-corrected chi connectivity index (χ1v) is 9.09. The number of rotatable bonds is 3. The highest BCUT2D eigenvalue weighted by molar-refractivity contribution is 6.31. The molecule has 148 valence electrons. The van der Waals surface area contributed by atoms with E-state index in [0.717, 1.165) is 6.07 Å². The van der Waals surface area contributed by atoms with Crippen LogP contribution in [0.15, 0.2) is 30.3 Å². The zero-order valence-electron chi connectivity index (χ0n) is 15.6. The summed E-state index contributed by atoms with van der Waals surface area (Å²) in [6.07, 6.45) is 0.444. The van der Waals surface area contributed by atoms with Crippen molar-refractivity contribution >= 4 is 29.2 Å². The smallest absolute Gasteiger partial charge is 0.315 e. The third-order valence-electron chi connectivity index (χ3n) is 4.89. The van der Waals surface area contributed by atoms with Crippen LogP contribution in [0, 0.1) is 11.6 Å². The van der Waals surface area contributed by atoms with Gasteiger partial charge in [-0.1, -0.05) is 25.4 Å². The number of fused-ring (bicyclic) bond motifs is 1. The standard InChI is InChI=1S/C20H20ClF2N3O2/c1-20(2)9-15(26-19(28)24-3)16-14(23)7-5-11(17(16)20)18(27)25-10-4-6-13(22)12(21)8-10/h4-8,15H,9H2,1-3H3,(H,25,27)(H2,24,26,28). The Kier molecular flexibility index (Phi) is 5.30. The first-order valence-electron chi connectivity index (χ1n) is 8.71. The summed E-state index contributed by atoms with van der Waals surface area (Å²) in [6, 6.07) is 5.50. The van der Waals surface area contributed by atoms with Crippen LogP contribution in [0.5, 0.6) is 0 Å².